The zero-order chi connectivity index (χ0) is 19.0. The fourth-order valence-electron chi connectivity index (χ4n) is 4.53. The number of carbonyl (C=O) groups is 1. The van der Waals surface area contributed by atoms with Gasteiger partial charge in [-0.25, -0.2) is 0 Å². The third kappa shape index (κ3) is 3.84. The van der Waals surface area contributed by atoms with Crippen molar-refractivity contribution in [2.24, 2.45) is 0 Å². The summed E-state index contributed by atoms with van der Waals surface area (Å²) in [5.41, 5.74) is 1.76. The first-order chi connectivity index (χ1) is 12.9. The maximum atomic E-state index is 13.1. The first-order valence-corrected chi connectivity index (χ1v) is 10.0. The van der Waals surface area contributed by atoms with E-state index in [4.69, 9.17) is 9.47 Å². The first kappa shape index (κ1) is 18.7. The molecule has 2 saturated heterocycles. The number of ether oxygens (including phenoxy) is 2. The van der Waals surface area contributed by atoms with E-state index in [0.717, 1.165) is 31.7 Å². The average molecular weight is 374 g/mol. The van der Waals surface area contributed by atoms with Crippen molar-refractivity contribution in [3.05, 3.63) is 29.3 Å². The summed E-state index contributed by atoms with van der Waals surface area (Å²) in [6.45, 7) is 7.51. The number of aliphatic hydroxyl groups is 1. The molecule has 2 aliphatic heterocycles. The molecule has 0 radical (unpaired) electrons. The highest BCUT2D eigenvalue weighted by Crippen LogP contribution is 2.29. The molecule has 2 fully saturated rings. The van der Waals surface area contributed by atoms with E-state index in [2.05, 4.69) is 17.0 Å². The van der Waals surface area contributed by atoms with Gasteiger partial charge in [0.15, 0.2) is 5.60 Å². The van der Waals surface area contributed by atoms with Gasteiger partial charge < -0.3 is 19.5 Å². The van der Waals surface area contributed by atoms with Crippen molar-refractivity contribution in [2.45, 2.75) is 50.9 Å². The first-order valence-electron chi connectivity index (χ1n) is 10.0. The number of β-amino-alcohol motifs (C(OH)–C–C–N with tert-alkyl or cyclic N) is 1. The summed E-state index contributed by atoms with van der Waals surface area (Å²) in [5, 5.41) is 10.5. The summed E-state index contributed by atoms with van der Waals surface area (Å²) in [4.78, 5) is 17.1. The van der Waals surface area contributed by atoms with Crippen molar-refractivity contribution in [1.82, 2.24) is 9.80 Å². The lowest BCUT2D eigenvalue weighted by atomic mass is 10.1. The van der Waals surface area contributed by atoms with Crippen molar-refractivity contribution < 1.29 is 19.4 Å². The van der Waals surface area contributed by atoms with Gasteiger partial charge in [-0.2, -0.15) is 0 Å². The van der Waals surface area contributed by atoms with Gasteiger partial charge in [0, 0.05) is 26.2 Å². The van der Waals surface area contributed by atoms with E-state index < -0.39 is 11.7 Å². The second-order valence-electron chi connectivity index (χ2n) is 8.39. The van der Waals surface area contributed by atoms with E-state index in [9.17, 15) is 9.90 Å². The van der Waals surface area contributed by atoms with Gasteiger partial charge in [-0.15, -0.1) is 0 Å². The average Bonchev–Trinajstić information content (AvgIpc) is 3.27. The fourth-order valence-corrected chi connectivity index (χ4v) is 4.53. The van der Waals surface area contributed by atoms with Gasteiger partial charge >= 0.3 is 0 Å². The molecule has 1 aliphatic carbocycles. The number of benzene rings is 1. The van der Waals surface area contributed by atoms with Crippen LogP contribution in [0.4, 0.5) is 0 Å². The van der Waals surface area contributed by atoms with Crippen molar-refractivity contribution in [3.8, 4) is 5.75 Å². The Bertz CT molecular complexity index is 699. The molecule has 2 unspecified atom stereocenters. The summed E-state index contributed by atoms with van der Waals surface area (Å²) in [6, 6.07) is 6.14. The number of hydrogen-bond acceptors (Lipinski definition) is 5. The summed E-state index contributed by atoms with van der Waals surface area (Å²) in [5.74, 6) is 0.677. The van der Waals surface area contributed by atoms with Gasteiger partial charge in [-0.3, -0.25) is 9.69 Å². The summed E-state index contributed by atoms with van der Waals surface area (Å²) in [7, 11) is 0. The normalized spacial score (nSPS) is 26.3. The maximum Gasteiger partial charge on any atom is 0.266 e. The van der Waals surface area contributed by atoms with Gasteiger partial charge in [0.05, 0.1) is 25.4 Å². The lowest BCUT2D eigenvalue weighted by molar-refractivity contribution is -0.144. The second-order valence-corrected chi connectivity index (χ2v) is 8.39. The Labute approximate surface area is 161 Å². The molecule has 0 saturated carbocycles. The van der Waals surface area contributed by atoms with Crippen molar-refractivity contribution in [3.63, 3.8) is 0 Å². The third-order valence-corrected chi connectivity index (χ3v) is 6.02. The number of amides is 1. The van der Waals surface area contributed by atoms with Crippen LogP contribution in [0.5, 0.6) is 5.75 Å². The molecule has 27 heavy (non-hydrogen) atoms. The van der Waals surface area contributed by atoms with Crippen LogP contribution in [0.1, 0.15) is 31.4 Å². The van der Waals surface area contributed by atoms with Crippen LogP contribution >= 0.6 is 0 Å². The van der Waals surface area contributed by atoms with Crippen molar-refractivity contribution >= 4 is 5.91 Å². The second kappa shape index (κ2) is 7.41. The van der Waals surface area contributed by atoms with Crippen LogP contribution in [-0.4, -0.2) is 78.0 Å². The number of nitrogens with zero attached hydrogens (tertiary/aromatic N) is 2. The van der Waals surface area contributed by atoms with Gasteiger partial charge in [0.25, 0.3) is 5.91 Å². The minimum absolute atomic E-state index is 0.0198. The largest absolute Gasteiger partial charge is 0.478 e. The highest BCUT2D eigenvalue weighted by atomic mass is 16.5. The van der Waals surface area contributed by atoms with Gasteiger partial charge in [0.1, 0.15) is 5.75 Å². The summed E-state index contributed by atoms with van der Waals surface area (Å²) in [6.07, 6.45) is 2.88. The number of fused-ring (bicyclic) bond motifs is 1. The minimum Gasteiger partial charge on any atom is -0.478 e. The van der Waals surface area contributed by atoms with E-state index in [1.54, 1.807) is 4.90 Å². The monoisotopic (exact) mass is 374 g/mol. The molecule has 1 aromatic rings. The smallest absolute Gasteiger partial charge is 0.266 e. The van der Waals surface area contributed by atoms with Crippen LogP contribution < -0.4 is 4.74 Å². The summed E-state index contributed by atoms with van der Waals surface area (Å²) >= 11 is 0. The number of aliphatic hydroxyl groups excluding tert-OH is 1. The number of morpholine rings is 1. The van der Waals surface area contributed by atoms with Gasteiger partial charge in [-0.05, 0) is 56.4 Å². The van der Waals surface area contributed by atoms with E-state index in [-0.39, 0.29) is 11.9 Å². The Morgan fingerprint density at radius 1 is 1.19 bits per heavy atom. The molecule has 0 aromatic heterocycles. The molecule has 2 atom stereocenters. The van der Waals surface area contributed by atoms with Crippen LogP contribution in [-0.2, 0) is 22.4 Å². The van der Waals surface area contributed by atoms with Gasteiger partial charge in [-0.1, -0.05) is 6.07 Å². The third-order valence-electron chi connectivity index (χ3n) is 6.02. The molecule has 2 heterocycles. The van der Waals surface area contributed by atoms with Gasteiger partial charge in [0.2, 0.25) is 0 Å². The Hall–Kier alpha value is -1.63. The number of rotatable bonds is 4. The molecule has 0 bridgehead atoms. The van der Waals surface area contributed by atoms with Crippen molar-refractivity contribution in [2.75, 3.05) is 39.4 Å². The Kier molecular flexibility index (Phi) is 5.14. The van der Waals surface area contributed by atoms with Crippen LogP contribution in [0.3, 0.4) is 0 Å². The zero-order valence-corrected chi connectivity index (χ0v) is 16.3. The molecular formula is C21H30N2O4. The predicted octanol–water partition coefficient (Wildman–Crippen LogP) is 1.24. The highest BCUT2D eigenvalue weighted by molar-refractivity contribution is 5.85. The molecule has 4 rings (SSSR count). The lowest BCUT2D eigenvalue weighted by Crippen LogP contribution is -2.50. The summed E-state index contributed by atoms with van der Waals surface area (Å²) < 4.78 is 11.5. The SMILES string of the molecule is CC(C)(Oc1ccc2c(c1)CCC2)C(=O)N1CC(O)C(N2CCOCC2)C1. The van der Waals surface area contributed by atoms with Crippen LogP contribution in [0.2, 0.25) is 0 Å². The maximum absolute atomic E-state index is 13.1. The Balaban J connectivity index is 1.42. The molecule has 1 N–H and O–H groups in total. The number of carbonyl (C=O) groups excluding carboxylic acids is 1. The molecule has 0 spiro atoms. The van der Waals surface area contributed by atoms with E-state index in [1.807, 2.05) is 19.9 Å². The molecule has 148 valence electrons. The molecule has 1 amide bonds. The predicted molar refractivity (Wildman–Crippen MR) is 102 cm³/mol. The lowest BCUT2D eigenvalue weighted by Gasteiger charge is -2.34. The number of aryl methyl sites for hydroxylation is 2. The quantitative estimate of drug-likeness (QED) is 0.859. The van der Waals surface area contributed by atoms with E-state index in [0.29, 0.717) is 26.3 Å². The molecular weight excluding hydrogens is 344 g/mol. The van der Waals surface area contributed by atoms with Crippen LogP contribution in [0, 0.1) is 0 Å². The fraction of sp³-hybridized carbons (Fsp3) is 0.667. The molecule has 6 heteroatoms. The van der Waals surface area contributed by atoms with E-state index >= 15 is 0 Å². The molecule has 6 nitrogen and oxygen atoms in total. The topological polar surface area (TPSA) is 62.2 Å². The van der Waals surface area contributed by atoms with Crippen molar-refractivity contribution in [1.29, 1.82) is 0 Å². The van der Waals surface area contributed by atoms with Crippen LogP contribution in [0.15, 0.2) is 18.2 Å². The highest BCUT2D eigenvalue weighted by Gasteiger charge is 2.43. The molecule has 3 aliphatic rings. The standard InChI is InChI=1S/C21H30N2O4/c1-21(2,27-17-7-6-15-4-3-5-16(15)12-17)20(25)23-13-18(19(24)14-23)22-8-10-26-11-9-22/h6-7,12,18-19,24H,3-5,8-11,13-14H2,1-2H3. The minimum atomic E-state index is -0.966. The molecule has 1 aromatic carbocycles. The van der Waals surface area contributed by atoms with E-state index in [1.165, 1.54) is 17.5 Å². The Morgan fingerprint density at radius 3 is 2.70 bits per heavy atom. The number of likely N-dealkylation sites (tertiary alicyclic amines) is 1. The Morgan fingerprint density at radius 2 is 1.93 bits per heavy atom. The number of hydrogen-bond donors (Lipinski definition) is 1. The van der Waals surface area contributed by atoms with Crippen LogP contribution in [0.25, 0.3) is 0 Å². The zero-order valence-electron chi connectivity index (χ0n) is 16.3.